The average Bonchev–Trinajstić information content (AvgIpc) is 2.84. The van der Waals surface area contributed by atoms with Crippen molar-refractivity contribution < 1.29 is 0 Å². The fraction of sp³-hybridized carbons (Fsp3) is 0.440. The first kappa shape index (κ1) is 25.4. The lowest BCUT2D eigenvalue weighted by atomic mass is 10.1. The van der Waals surface area contributed by atoms with Crippen LogP contribution >= 0.6 is 0 Å². The minimum Gasteiger partial charge on any atom is -0.332 e. The van der Waals surface area contributed by atoms with Gasteiger partial charge in [0.15, 0.2) is 0 Å². The van der Waals surface area contributed by atoms with Crippen molar-refractivity contribution >= 4 is 0 Å². The van der Waals surface area contributed by atoms with Gasteiger partial charge >= 0.3 is 0 Å². The molecule has 2 aromatic rings. The molecule has 0 saturated heterocycles. The fourth-order valence-electron chi connectivity index (χ4n) is 2.39. The third-order valence-corrected chi connectivity index (χ3v) is 4.01. The van der Waals surface area contributed by atoms with Crippen LogP contribution in [0.4, 0.5) is 0 Å². The number of rotatable bonds is 6. The third-order valence-electron chi connectivity index (χ3n) is 4.01. The molecule has 1 aromatic carbocycles. The normalized spacial score (nSPS) is 9.00. The van der Waals surface area contributed by atoms with E-state index in [9.17, 15) is 0 Å². The van der Waals surface area contributed by atoms with Crippen LogP contribution in [0.3, 0.4) is 0 Å². The molecule has 3 nitrogen and oxygen atoms in total. The zero-order chi connectivity index (χ0) is 21.0. The number of nitriles is 1. The van der Waals surface area contributed by atoms with E-state index in [2.05, 4.69) is 29.5 Å². The van der Waals surface area contributed by atoms with Gasteiger partial charge in [0.25, 0.3) is 0 Å². The minimum absolute atomic E-state index is 0.681. The second-order valence-electron chi connectivity index (χ2n) is 6.24. The maximum Gasteiger partial charge on any atom is 0.105 e. The van der Waals surface area contributed by atoms with E-state index in [-0.39, 0.29) is 0 Å². The van der Waals surface area contributed by atoms with Gasteiger partial charge in [0.05, 0.1) is 11.6 Å². The van der Waals surface area contributed by atoms with Crippen molar-refractivity contribution in [2.45, 2.75) is 73.3 Å². The van der Waals surface area contributed by atoms with E-state index in [0.29, 0.717) is 5.56 Å². The zero-order valence-electron chi connectivity index (χ0n) is 18.4. The van der Waals surface area contributed by atoms with Crippen molar-refractivity contribution in [3.05, 3.63) is 77.9 Å². The van der Waals surface area contributed by atoms with Crippen molar-refractivity contribution in [1.29, 1.82) is 5.26 Å². The molecule has 2 rings (SSSR count). The summed E-state index contributed by atoms with van der Waals surface area (Å²) in [5.74, 6) is 0.931. The van der Waals surface area contributed by atoms with Crippen molar-refractivity contribution in [1.82, 2.24) is 9.55 Å². The molecule has 1 aromatic heterocycles. The monoisotopic (exact) mass is 379 g/mol. The van der Waals surface area contributed by atoms with Gasteiger partial charge in [-0.2, -0.15) is 5.26 Å². The molecule has 0 saturated carbocycles. The Hall–Kier alpha value is -2.60. The quantitative estimate of drug-likeness (QED) is 0.496. The number of benzene rings is 1. The SMILES string of the molecule is CC.CCCCCCC.Cc1nccccccn1Cc1ccc(C#N)cc1. The first-order valence-electron chi connectivity index (χ1n) is 10.5. The largest absolute Gasteiger partial charge is 0.332 e. The summed E-state index contributed by atoms with van der Waals surface area (Å²) in [6, 6.07) is 17.5. The van der Waals surface area contributed by atoms with Gasteiger partial charge in [0.2, 0.25) is 0 Å². The number of hydrogen-bond acceptors (Lipinski definition) is 2. The Labute approximate surface area is 172 Å². The second kappa shape index (κ2) is 17.8. The van der Waals surface area contributed by atoms with Crippen LogP contribution in [0.15, 0.2) is 60.9 Å². The van der Waals surface area contributed by atoms with Crippen LogP contribution in [0.5, 0.6) is 0 Å². The Bertz CT molecular complexity index is 703. The van der Waals surface area contributed by atoms with Gasteiger partial charge in [-0.05, 0) is 36.8 Å². The van der Waals surface area contributed by atoms with Gasteiger partial charge in [-0.3, -0.25) is 0 Å². The van der Waals surface area contributed by atoms with Crippen molar-refractivity contribution in [3.8, 4) is 6.07 Å². The van der Waals surface area contributed by atoms with Gasteiger partial charge in [0, 0.05) is 18.9 Å². The summed E-state index contributed by atoms with van der Waals surface area (Å²) in [5, 5.41) is 8.79. The van der Waals surface area contributed by atoms with Crippen LogP contribution in [0, 0.1) is 18.3 Å². The Morgan fingerprint density at radius 1 is 0.893 bits per heavy atom. The number of aromatic nitrogens is 2. The summed E-state index contributed by atoms with van der Waals surface area (Å²) < 4.78 is 2.07. The van der Waals surface area contributed by atoms with Crippen LogP contribution in [0.25, 0.3) is 0 Å². The molecule has 0 amide bonds. The predicted octanol–water partition coefficient (Wildman–Crippen LogP) is 7.24. The summed E-state index contributed by atoms with van der Waals surface area (Å²) in [6.07, 6.45) is 10.8. The predicted molar refractivity (Wildman–Crippen MR) is 121 cm³/mol. The molecule has 0 aliphatic heterocycles. The molecule has 3 heteroatoms. The lowest BCUT2D eigenvalue weighted by Crippen LogP contribution is -2.03. The highest BCUT2D eigenvalue weighted by molar-refractivity contribution is 5.31. The van der Waals surface area contributed by atoms with E-state index in [1.54, 1.807) is 6.20 Å². The average molecular weight is 380 g/mol. The van der Waals surface area contributed by atoms with Crippen LogP contribution in [-0.2, 0) is 6.54 Å². The summed E-state index contributed by atoms with van der Waals surface area (Å²) >= 11 is 0. The number of unbranched alkanes of at least 4 members (excludes halogenated alkanes) is 4. The topological polar surface area (TPSA) is 41.6 Å². The first-order chi connectivity index (χ1) is 13.7. The van der Waals surface area contributed by atoms with Crippen molar-refractivity contribution in [2.75, 3.05) is 0 Å². The molecule has 152 valence electrons. The molecule has 0 N–H and O–H groups in total. The Morgan fingerprint density at radius 3 is 2.07 bits per heavy atom. The highest BCUT2D eigenvalue weighted by Gasteiger charge is 1.96. The Morgan fingerprint density at radius 2 is 1.50 bits per heavy atom. The van der Waals surface area contributed by atoms with Crippen LogP contribution in [0.2, 0.25) is 0 Å². The second-order valence-corrected chi connectivity index (χ2v) is 6.24. The molecule has 0 bridgehead atoms. The lowest BCUT2D eigenvalue weighted by molar-refractivity contribution is 0.656. The van der Waals surface area contributed by atoms with Gasteiger partial charge in [0.1, 0.15) is 5.82 Å². The molecule has 0 spiro atoms. The number of nitrogens with zero attached hydrogens (tertiary/aromatic N) is 3. The molecule has 0 aliphatic carbocycles. The smallest absolute Gasteiger partial charge is 0.105 e. The molecule has 0 aliphatic rings. The van der Waals surface area contributed by atoms with Gasteiger partial charge in [-0.15, -0.1) is 0 Å². The van der Waals surface area contributed by atoms with E-state index in [0.717, 1.165) is 17.9 Å². The first-order valence-corrected chi connectivity index (χ1v) is 10.5. The van der Waals surface area contributed by atoms with Crippen LogP contribution < -0.4 is 0 Å². The standard InChI is InChI=1S/C16H15N3.C7H16.C2H6/c1-14-18-10-4-2-3-5-11-19(14)13-16-8-6-15(12-17)7-9-16;1-3-5-7-6-4-2;1-2/h2-11H,13H2,1H3;3-7H2,1-2H3;1-2H3. The van der Waals surface area contributed by atoms with E-state index in [4.69, 9.17) is 5.26 Å². The molecular formula is C25H37N3. The molecule has 0 unspecified atom stereocenters. The number of aryl methyl sites for hydroxylation is 1. The zero-order valence-corrected chi connectivity index (χ0v) is 18.4. The van der Waals surface area contributed by atoms with Crippen LogP contribution in [-0.4, -0.2) is 9.55 Å². The van der Waals surface area contributed by atoms with Gasteiger partial charge in [-0.25, -0.2) is 4.98 Å². The van der Waals surface area contributed by atoms with E-state index >= 15 is 0 Å². The third kappa shape index (κ3) is 11.9. The van der Waals surface area contributed by atoms with E-state index < -0.39 is 0 Å². The molecule has 28 heavy (non-hydrogen) atoms. The maximum absolute atomic E-state index is 8.79. The van der Waals surface area contributed by atoms with Gasteiger partial charge in [-0.1, -0.05) is 84.1 Å². The molecule has 1 heterocycles. The maximum atomic E-state index is 8.79. The molecule has 0 radical (unpaired) electrons. The number of hydrogen-bond donors (Lipinski definition) is 0. The summed E-state index contributed by atoms with van der Waals surface area (Å²) in [7, 11) is 0. The minimum atomic E-state index is 0.681. The molecule has 0 fully saturated rings. The van der Waals surface area contributed by atoms with E-state index in [1.165, 1.54) is 32.1 Å². The van der Waals surface area contributed by atoms with Crippen molar-refractivity contribution in [2.24, 2.45) is 0 Å². The summed E-state index contributed by atoms with van der Waals surface area (Å²) in [5.41, 5.74) is 1.82. The summed E-state index contributed by atoms with van der Waals surface area (Å²) in [6.45, 7) is 11.2. The fourth-order valence-corrected chi connectivity index (χ4v) is 2.39. The lowest BCUT2D eigenvalue weighted by Gasteiger charge is -2.07. The van der Waals surface area contributed by atoms with E-state index in [1.807, 2.05) is 75.5 Å². The highest BCUT2D eigenvalue weighted by Crippen LogP contribution is 2.06. The van der Waals surface area contributed by atoms with Crippen molar-refractivity contribution in [3.63, 3.8) is 0 Å². The summed E-state index contributed by atoms with van der Waals surface area (Å²) in [4.78, 5) is 4.36. The van der Waals surface area contributed by atoms with Gasteiger partial charge < -0.3 is 4.57 Å². The van der Waals surface area contributed by atoms with Crippen LogP contribution in [0.1, 0.15) is 76.8 Å². The Balaban J connectivity index is 0.000000688. The highest BCUT2D eigenvalue weighted by atomic mass is 15.0. The molecule has 0 atom stereocenters. The molecular weight excluding hydrogens is 342 g/mol. The Kier molecular flexibility index (Phi) is 16.1.